The van der Waals surface area contributed by atoms with E-state index in [1.54, 1.807) is 0 Å². The molecule has 0 heterocycles. The van der Waals surface area contributed by atoms with E-state index in [4.69, 9.17) is 4.74 Å². The Morgan fingerprint density at radius 1 is 1.10 bits per heavy atom. The van der Waals surface area contributed by atoms with Gasteiger partial charge in [-0.2, -0.15) is 0 Å². The van der Waals surface area contributed by atoms with E-state index in [1.807, 2.05) is 12.1 Å². The van der Waals surface area contributed by atoms with Crippen LogP contribution in [0, 0.1) is 13.8 Å². The molecule has 1 atom stereocenters. The van der Waals surface area contributed by atoms with E-state index in [-0.39, 0.29) is 0 Å². The standard InChI is InChI=1S/C18H22BrNO/c1-13-4-7-17(8-5-13)21-12-15(3)20-11-16-6-9-18(19)14(2)10-16/h4-10,15,20H,11-12H2,1-3H3. The first-order chi connectivity index (χ1) is 10.0. The lowest BCUT2D eigenvalue weighted by atomic mass is 10.1. The van der Waals surface area contributed by atoms with Crippen molar-refractivity contribution < 1.29 is 4.74 Å². The Kier molecular flexibility index (Phi) is 5.83. The molecule has 0 bridgehead atoms. The molecule has 0 radical (unpaired) electrons. The van der Waals surface area contributed by atoms with Crippen LogP contribution in [0.2, 0.25) is 0 Å². The van der Waals surface area contributed by atoms with Crippen LogP contribution in [-0.2, 0) is 6.54 Å². The summed E-state index contributed by atoms with van der Waals surface area (Å²) in [4.78, 5) is 0. The summed E-state index contributed by atoms with van der Waals surface area (Å²) in [5.74, 6) is 0.925. The van der Waals surface area contributed by atoms with E-state index in [2.05, 4.69) is 72.3 Å². The third-order valence-corrected chi connectivity index (χ3v) is 4.29. The monoisotopic (exact) mass is 347 g/mol. The van der Waals surface area contributed by atoms with Crippen LogP contribution in [0.4, 0.5) is 0 Å². The highest BCUT2D eigenvalue weighted by molar-refractivity contribution is 9.10. The second-order valence-electron chi connectivity index (χ2n) is 5.49. The second kappa shape index (κ2) is 7.62. The third-order valence-electron chi connectivity index (χ3n) is 3.40. The minimum atomic E-state index is 0.301. The van der Waals surface area contributed by atoms with Crippen LogP contribution in [0.5, 0.6) is 5.75 Å². The zero-order chi connectivity index (χ0) is 15.2. The fourth-order valence-corrected chi connectivity index (χ4v) is 2.27. The number of benzene rings is 2. The minimum Gasteiger partial charge on any atom is -0.492 e. The van der Waals surface area contributed by atoms with Gasteiger partial charge >= 0.3 is 0 Å². The van der Waals surface area contributed by atoms with Crippen molar-refractivity contribution >= 4 is 15.9 Å². The first kappa shape index (κ1) is 16.1. The van der Waals surface area contributed by atoms with Gasteiger partial charge in [0.15, 0.2) is 0 Å². The maximum Gasteiger partial charge on any atom is 0.119 e. The minimum absolute atomic E-state index is 0.301. The third kappa shape index (κ3) is 5.18. The summed E-state index contributed by atoms with van der Waals surface area (Å²) in [6.07, 6.45) is 0. The first-order valence-electron chi connectivity index (χ1n) is 7.22. The summed E-state index contributed by atoms with van der Waals surface area (Å²) in [7, 11) is 0. The fourth-order valence-electron chi connectivity index (χ4n) is 2.02. The molecule has 0 saturated heterocycles. The summed E-state index contributed by atoms with van der Waals surface area (Å²) < 4.78 is 6.94. The van der Waals surface area contributed by atoms with E-state index in [9.17, 15) is 0 Å². The molecular formula is C18H22BrNO. The van der Waals surface area contributed by atoms with Gasteiger partial charge in [0.2, 0.25) is 0 Å². The van der Waals surface area contributed by atoms with Crippen molar-refractivity contribution in [3.8, 4) is 5.75 Å². The zero-order valence-electron chi connectivity index (χ0n) is 12.8. The molecule has 112 valence electrons. The van der Waals surface area contributed by atoms with Gasteiger partial charge in [-0.1, -0.05) is 45.8 Å². The normalized spacial score (nSPS) is 12.2. The molecular weight excluding hydrogens is 326 g/mol. The summed E-state index contributed by atoms with van der Waals surface area (Å²) in [5.41, 5.74) is 3.80. The zero-order valence-corrected chi connectivity index (χ0v) is 14.4. The van der Waals surface area contributed by atoms with E-state index >= 15 is 0 Å². The van der Waals surface area contributed by atoms with Gasteiger partial charge in [-0.3, -0.25) is 0 Å². The van der Waals surface area contributed by atoms with Gasteiger partial charge in [0.1, 0.15) is 12.4 Å². The Morgan fingerprint density at radius 2 is 1.81 bits per heavy atom. The van der Waals surface area contributed by atoms with Crippen LogP contribution in [0.1, 0.15) is 23.6 Å². The number of hydrogen-bond donors (Lipinski definition) is 1. The lowest BCUT2D eigenvalue weighted by Gasteiger charge is -2.15. The van der Waals surface area contributed by atoms with Crippen LogP contribution in [0.25, 0.3) is 0 Å². The number of ether oxygens (including phenoxy) is 1. The van der Waals surface area contributed by atoms with Crippen LogP contribution in [0.3, 0.4) is 0 Å². The molecule has 0 saturated carbocycles. The first-order valence-corrected chi connectivity index (χ1v) is 8.02. The molecule has 3 heteroatoms. The SMILES string of the molecule is Cc1ccc(OCC(C)NCc2ccc(Br)c(C)c2)cc1. The molecule has 0 aliphatic rings. The van der Waals surface area contributed by atoms with Crippen molar-refractivity contribution in [1.82, 2.24) is 5.32 Å². The Balaban J connectivity index is 1.77. The highest BCUT2D eigenvalue weighted by Crippen LogP contribution is 2.17. The maximum absolute atomic E-state index is 5.78. The lowest BCUT2D eigenvalue weighted by Crippen LogP contribution is -2.31. The Labute approximate surface area is 135 Å². The number of aryl methyl sites for hydroxylation is 2. The predicted molar refractivity (Wildman–Crippen MR) is 91.9 cm³/mol. The van der Waals surface area contributed by atoms with Crippen molar-refractivity contribution in [2.45, 2.75) is 33.4 Å². The second-order valence-corrected chi connectivity index (χ2v) is 6.34. The molecule has 0 aliphatic carbocycles. The average Bonchev–Trinajstić information content (AvgIpc) is 2.48. The molecule has 2 aromatic rings. The summed E-state index contributed by atoms with van der Waals surface area (Å²) in [5, 5.41) is 3.49. The molecule has 1 unspecified atom stereocenters. The quantitative estimate of drug-likeness (QED) is 0.822. The molecule has 0 spiro atoms. The van der Waals surface area contributed by atoms with Crippen molar-refractivity contribution in [3.05, 3.63) is 63.6 Å². The summed E-state index contributed by atoms with van der Waals surface area (Å²) in [6, 6.07) is 14.9. The highest BCUT2D eigenvalue weighted by atomic mass is 79.9. The van der Waals surface area contributed by atoms with Crippen LogP contribution in [0.15, 0.2) is 46.9 Å². The Hall–Kier alpha value is -1.32. The number of rotatable bonds is 6. The van der Waals surface area contributed by atoms with Crippen molar-refractivity contribution in [2.75, 3.05) is 6.61 Å². The van der Waals surface area contributed by atoms with Crippen molar-refractivity contribution in [1.29, 1.82) is 0 Å². The number of hydrogen-bond acceptors (Lipinski definition) is 2. The molecule has 0 aliphatic heterocycles. The highest BCUT2D eigenvalue weighted by Gasteiger charge is 2.04. The topological polar surface area (TPSA) is 21.3 Å². The molecule has 0 fully saturated rings. The Bertz CT molecular complexity index is 580. The molecule has 2 rings (SSSR count). The molecule has 21 heavy (non-hydrogen) atoms. The fraction of sp³-hybridized carbons (Fsp3) is 0.333. The van der Waals surface area contributed by atoms with Gasteiger partial charge < -0.3 is 10.1 Å². The van der Waals surface area contributed by atoms with E-state index in [1.165, 1.54) is 16.7 Å². The smallest absolute Gasteiger partial charge is 0.119 e. The average molecular weight is 348 g/mol. The summed E-state index contributed by atoms with van der Waals surface area (Å²) in [6.45, 7) is 7.84. The van der Waals surface area contributed by atoms with Gasteiger partial charge in [-0.05, 0) is 50.1 Å². The predicted octanol–water partition coefficient (Wildman–Crippen LogP) is 4.62. The van der Waals surface area contributed by atoms with E-state index < -0.39 is 0 Å². The summed E-state index contributed by atoms with van der Waals surface area (Å²) >= 11 is 3.52. The number of nitrogens with one attached hydrogen (secondary N) is 1. The Morgan fingerprint density at radius 3 is 2.48 bits per heavy atom. The van der Waals surface area contributed by atoms with Gasteiger partial charge in [-0.25, -0.2) is 0 Å². The van der Waals surface area contributed by atoms with Crippen molar-refractivity contribution in [3.63, 3.8) is 0 Å². The molecule has 0 amide bonds. The van der Waals surface area contributed by atoms with Gasteiger partial charge in [0.25, 0.3) is 0 Å². The van der Waals surface area contributed by atoms with Gasteiger partial charge in [0, 0.05) is 17.1 Å². The molecule has 0 aromatic heterocycles. The van der Waals surface area contributed by atoms with Gasteiger partial charge in [0.05, 0.1) is 0 Å². The molecule has 2 nitrogen and oxygen atoms in total. The number of halogens is 1. The van der Waals surface area contributed by atoms with Crippen LogP contribution < -0.4 is 10.1 Å². The van der Waals surface area contributed by atoms with E-state index in [0.717, 1.165) is 16.8 Å². The van der Waals surface area contributed by atoms with E-state index in [0.29, 0.717) is 12.6 Å². The van der Waals surface area contributed by atoms with Crippen LogP contribution >= 0.6 is 15.9 Å². The lowest BCUT2D eigenvalue weighted by molar-refractivity contribution is 0.272. The largest absolute Gasteiger partial charge is 0.492 e. The molecule has 2 aromatic carbocycles. The molecule has 1 N–H and O–H groups in total. The van der Waals surface area contributed by atoms with Crippen molar-refractivity contribution in [2.24, 2.45) is 0 Å². The van der Waals surface area contributed by atoms with Gasteiger partial charge in [-0.15, -0.1) is 0 Å². The maximum atomic E-state index is 5.78. The van der Waals surface area contributed by atoms with Crippen LogP contribution in [-0.4, -0.2) is 12.6 Å².